The number of nitrogens with zero attached hydrogens (tertiary/aromatic N) is 2. The van der Waals surface area contributed by atoms with Crippen LogP contribution in [-0.2, 0) is 9.53 Å². The normalized spacial score (nSPS) is 18.1. The SMILES string of the molecule is O=C(O)C1COC(=O)N1C(=O)Nc1ccc(Cl)cn1. The number of carbonyl (C=O) groups is 3. The molecule has 1 aliphatic rings. The van der Waals surface area contributed by atoms with E-state index in [2.05, 4.69) is 15.0 Å². The number of carbonyl (C=O) groups excluding carboxylic acids is 2. The van der Waals surface area contributed by atoms with Crippen molar-refractivity contribution in [2.24, 2.45) is 0 Å². The number of pyridine rings is 1. The first-order chi connectivity index (χ1) is 8.99. The standard InChI is InChI=1S/C10H8ClN3O5/c11-5-1-2-7(12-3-5)13-9(17)14-6(8(15)16)4-19-10(14)18/h1-3,6H,4H2,(H,15,16)(H,12,13,17). The second-order valence-corrected chi connectivity index (χ2v) is 4.03. The van der Waals surface area contributed by atoms with E-state index in [0.717, 1.165) is 0 Å². The van der Waals surface area contributed by atoms with E-state index >= 15 is 0 Å². The molecule has 2 heterocycles. The molecule has 0 radical (unpaired) electrons. The highest BCUT2D eigenvalue weighted by atomic mass is 35.5. The lowest BCUT2D eigenvalue weighted by atomic mass is 10.3. The van der Waals surface area contributed by atoms with E-state index in [1.165, 1.54) is 18.3 Å². The molecule has 1 aromatic rings. The number of hydrogen-bond donors (Lipinski definition) is 2. The Hall–Kier alpha value is -2.35. The van der Waals surface area contributed by atoms with Crippen molar-refractivity contribution in [1.82, 2.24) is 9.88 Å². The third kappa shape index (κ3) is 2.74. The average molecular weight is 286 g/mol. The number of hydrogen-bond acceptors (Lipinski definition) is 5. The van der Waals surface area contributed by atoms with Crippen LogP contribution in [0.2, 0.25) is 5.02 Å². The van der Waals surface area contributed by atoms with E-state index in [9.17, 15) is 14.4 Å². The Labute approximate surface area is 111 Å². The molecule has 8 nitrogen and oxygen atoms in total. The second-order valence-electron chi connectivity index (χ2n) is 3.59. The fourth-order valence-electron chi connectivity index (χ4n) is 1.45. The number of ether oxygens (including phenoxy) is 1. The Bertz CT molecular complexity index is 532. The highest BCUT2D eigenvalue weighted by Gasteiger charge is 2.42. The van der Waals surface area contributed by atoms with Crippen molar-refractivity contribution in [3.8, 4) is 0 Å². The molecule has 1 aromatic heterocycles. The van der Waals surface area contributed by atoms with Gasteiger partial charge in [-0.1, -0.05) is 11.6 Å². The number of aromatic nitrogens is 1. The molecule has 0 aromatic carbocycles. The van der Waals surface area contributed by atoms with Crippen LogP contribution in [0.5, 0.6) is 0 Å². The van der Waals surface area contributed by atoms with Gasteiger partial charge in [0.15, 0.2) is 6.04 Å². The Morgan fingerprint density at radius 2 is 2.26 bits per heavy atom. The van der Waals surface area contributed by atoms with Crippen LogP contribution in [0.3, 0.4) is 0 Å². The molecule has 9 heteroatoms. The second kappa shape index (κ2) is 5.11. The topological polar surface area (TPSA) is 109 Å². The van der Waals surface area contributed by atoms with Gasteiger partial charge in [-0.15, -0.1) is 0 Å². The average Bonchev–Trinajstić information content (AvgIpc) is 2.74. The van der Waals surface area contributed by atoms with Gasteiger partial charge < -0.3 is 9.84 Å². The van der Waals surface area contributed by atoms with E-state index in [1.807, 2.05) is 0 Å². The largest absolute Gasteiger partial charge is 0.480 e. The summed E-state index contributed by atoms with van der Waals surface area (Å²) in [4.78, 5) is 38.3. The number of carboxylic acids is 1. The molecule has 0 bridgehead atoms. The quantitative estimate of drug-likeness (QED) is 0.844. The minimum absolute atomic E-state index is 0.137. The van der Waals surface area contributed by atoms with Crippen molar-refractivity contribution in [3.05, 3.63) is 23.4 Å². The van der Waals surface area contributed by atoms with Crippen molar-refractivity contribution in [2.45, 2.75) is 6.04 Å². The predicted octanol–water partition coefficient (Wildman–Crippen LogP) is 1.17. The summed E-state index contributed by atoms with van der Waals surface area (Å²) in [5.41, 5.74) is 0. The van der Waals surface area contributed by atoms with E-state index in [1.54, 1.807) is 0 Å². The minimum atomic E-state index is -1.35. The van der Waals surface area contributed by atoms with Crippen LogP contribution in [0.15, 0.2) is 18.3 Å². The molecule has 1 fully saturated rings. The Morgan fingerprint density at radius 3 is 2.84 bits per heavy atom. The molecule has 0 aliphatic carbocycles. The molecule has 2 N–H and O–H groups in total. The van der Waals surface area contributed by atoms with Gasteiger partial charge >= 0.3 is 18.1 Å². The van der Waals surface area contributed by atoms with Crippen molar-refractivity contribution in [3.63, 3.8) is 0 Å². The van der Waals surface area contributed by atoms with Crippen LogP contribution in [0.25, 0.3) is 0 Å². The molecular formula is C10H8ClN3O5. The number of imide groups is 1. The summed E-state index contributed by atoms with van der Waals surface area (Å²) in [5.74, 6) is -1.19. The fraction of sp³-hybridized carbons (Fsp3) is 0.200. The van der Waals surface area contributed by atoms with Gasteiger partial charge in [0.1, 0.15) is 12.4 Å². The smallest absolute Gasteiger partial charge is 0.419 e. The van der Waals surface area contributed by atoms with Crippen molar-refractivity contribution in [1.29, 1.82) is 0 Å². The zero-order valence-electron chi connectivity index (χ0n) is 9.37. The maximum absolute atomic E-state index is 11.8. The number of carboxylic acid groups (broad SMARTS) is 1. The lowest BCUT2D eigenvalue weighted by Crippen LogP contribution is -2.45. The number of aliphatic carboxylic acids is 1. The van der Waals surface area contributed by atoms with Crippen LogP contribution in [-0.4, -0.2) is 45.7 Å². The number of halogens is 1. The first-order valence-electron chi connectivity index (χ1n) is 5.10. The van der Waals surface area contributed by atoms with Crippen molar-refractivity contribution >= 4 is 35.5 Å². The summed E-state index contributed by atoms with van der Waals surface area (Å²) in [5, 5.41) is 11.5. The molecular weight excluding hydrogens is 278 g/mol. The number of anilines is 1. The van der Waals surface area contributed by atoms with E-state index < -0.39 is 24.1 Å². The van der Waals surface area contributed by atoms with Gasteiger partial charge in [-0.2, -0.15) is 0 Å². The fourth-order valence-corrected chi connectivity index (χ4v) is 1.56. The maximum atomic E-state index is 11.8. The van der Waals surface area contributed by atoms with Gasteiger partial charge in [-0.25, -0.2) is 24.3 Å². The molecule has 1 atom stereocenters. The lowest BCUT2D eigenvalue weighted by molar-refractivity contribution is -0.140. The van der Waals surface area contributed by atoms with Gasteiger partial charge in [0.25, 0.3) is 0 Å². The number of nitrogens with one attached hydrogen (secondary N) is 1. The third-order valence-corrected chi connectivity index (χ3v) is 2.56. The molecule has 2 rings (SSSR count). The highest BCUT2D eigenvalue weighted by Crippen LogP contribution is 2.15. The van der Waals surface area contributed by atoms with Crippen LogP contribution in [0, 0.1) is 0 Å². The Kier molecular flexibility index (Phi) is 3.52. The van der Waals surface area contributed by atoms with Crippen LogP contribution < -0.4 is 5.32 Å². The van der Waals surface area contributed by atoms with Crippen LogP contribution in [0.1, 0.15) is 0 Å². The number of amides is 3. The van der Waals surface area contributed by atoms with Crippen LogP contribution >= 0.6 is 11.6 Å². The summed E-state index contributed by atoms with van der Waals surface area (Å²) >= 11 is 5.63. The summed E-state index contributed by atoms with van der Waals surface area (Å²) in [7, 11) is 0. The first kappa shape index (κ1) is 13.1. The monoisotopic (exact) mass is 285 g/mol. The number of cyclic esters (lactones) is 1. The van der Waals surface area contributed by atoms with Gasteiger partial charge in [-0.05, 0) is 12.1 Å². The zero-order chi connectivity index (χ0) is 14.0. The van der Waals surface area contributed by atoms with Gasteiger partial charge in [-0.3, -0.25) is 5.32 Å². The summed E-state index contributed by atoms with van der Waals surface area (Å²) < 4.78 is 4.52. The molecule has 100 valence electrons. The lowest BCUT2D eigenvalue weighted by Gasteiger charge is -2.16. The highest BCUT2D eigenvalue weighted by molar-refractivity contribution is 6.30. The summed E-state index contributed by atoms with van der Waals surface area (Å²) in [6.45, 7) is -0.379. The van der Waals surface area contributed by atoms with Crippen molar-refractivity contribution < 1.29 is 24.2 Å². The zero-order valence-corrected chi connectivity index (χ0v) is 10.1. The maximum Gasteiger partial charge on any atom is 0.419 e. The predicted molar refractivity (Wildman–Crippen MR) is 62.9 cm³/mol. The van der Waals surface area contributed by atoms with Gasteiger partial charge in [0, 0.05) is 6.20 Å². The molecule has 1 aliphatic heterocycles. The molecule has 1 saturated heterocycles. The Morgan fingerprint density at radius 1 is 1.53 bits per heavy atom. The van der Waals surface area contributed by atoms with Crippen molar-refractivity contribution in [2.75, 3.05) is 11.9 Å². The first-order valence-corrected chi connectivity index (χ1v) is 5.48. The van der Waals surface area contributed by atoms with E-state index in [4.69, 9.17) is 16.7 Å². The third-order valence-electron chi connectivity index (χ3n) is 2.34. The molecule has 0 spiro atoms. The minimum Gasteiger partial charge on any atom is -0.480 e. The summed E-state index contributed by atoms with van der Waals surface area (Å²) in [6, 6.07) is 0.628. The van der Waals surface area contributed by atoms with E-state index in [0.29, 0.717) is 9.92 Å². The van der Waals surface area contributed by atoms with Gasteiger partial charge in [0.05, 0.1) is 5.02 Å². The number of urea groups is 1. The molecule has 3 amide bonds. The van der Waals surface area contributed by atoms with Crippen LogP contribution in [0.4, 0.5) is 15.4 Å². The van der Waals surface area contributed by atoms with E-state index in [-0.39, 0.29) is 12.4 Å². The molecule has 19 heavy (non-hydrogen) atoms. The summed E-state index contributed by atoms with van der Waals surface area (Å²) in [6.07, 6.45) is 0.285. The molecule has 1 unspecified atom stereocenters. The Balaban J connectivity index is 2.12. The van der Waals surface area contributed by atoms with Gasteiger partial charge in [0.2, 0.25) is 0 Å². The molecule has 0 saturated carbocycles. The number of rotatable bonds is 2.